The van der Waals surface area contributed by atoms with Crippen molar-refractivity contribution >= 4 is 5.69 Å². The van der Waals surface area contributed by atoms with Gasteiger partial charge in [0.1, 0.15) is 6.04 Å². The molecule has 1 unspecified atom stereocenters. The van der Waals surface area contributed by atoms with Crippen molar-refractivity contribution in [1.82, 2.24) is 0 Å². The zero-order valence-corrected chi connectivity index (χ0v) is 9.72. The normalized spacial score (nSPS) is 11.5. The number of hydrogen-bond donors (Lipinski definition) is 1. The van der Waals surface area contributed by atoms with Gasteiger partial charge in [-0.05, 0) is 24.6 Å². The summed E-state index contributed by atoms with van der Waals surface area (Å²) >= 11 is 0. The molecule has 0 fully saturated rings. The molecule has 0 amide bonds. The smallest absolute Gasteiger partial charge is 0.140 e. The maximum atomic E-state index is 9.20. The van der Waals surface area contributed by atoms with Crippen molar-refractivity contribution in [2.45, 2.75) is 13.0 Å². The summed E-state index contributed by atoms with van der Waals surface area (Å²) in [6.45, 7) is 2.04. The van der Waals surface area contributed by atoms with E-state index in [1.165, 1.54) is 5.56 Å². The van der Waals surface area contributed by atoms with Crippen LogP contribution < -0.4 is 5.32 Å². The molecule has 0 radical (unpaired) electrons. The molecule has 84 valence electrons. The van der Waals surface area contributed by atoms with Gasteiger partial charge in [-0.1, -0.05) is 48.0 Å². The van der Waals surface area contributed by atoms with Gasteiger partial charge in [-0.15, -0.1) is 0 Å². The van der Waals surface area contributed by atoms with Crippen LogP contribution in [0, 0.1) is 18.3 Å². The van der Waals surface area contributed by atoms with Crippen LogP contribution in [0.25, 0.3) is 0 Å². The van der Waals surface area contributed by atoms with Gasteiger partial charge in [-0.2, -0.15) is 5.26 Å². The Morgan fingerprint density at radius 2 is 1.65 bits per heavy atom. The Morgan fingerprint density at radius 1 is 1.00 bits per heavy atom. The van der Waals surface area contributed by atoms with Gasteiger partial charge in [0, 0.05) is 5.69 Å². The van der Waals surface area contributed by atoms with Crippen molar-refractivity contribution < 1.29 is 0 Å². The van der Waals surface area contributed by atoms with Crippen LogP contribution >= 0.6 is 0 Å². The first-order valence-electron chi connectivity index (χ1n) is 5.57. The minimum absolute atomic E-state index is 0.307. The Labute approximate surface area is 102 Å². The first-order valence-corrected chi connectivity index (χ1v) is 5.57. The van der Waals surface area contributed by atoms with Gasteiger partial charge in [-0.3, -0.25) is 0 Å². The van der Waals surface area contributed by atoms with E-state index in [2.05, 4.69) is 11.4 Å². The number of nitrogens with zero attached hydrogens (tertiary/aromatic N) is 1. The van der Waals surface area contributed by atoms with Gasteiger partial charge in [0.2, 0.25) is 0 Å². The molecule has 2 aromatic rings. The van der Waals surface area contributed by atoms with Crippen molar-refractivity contribution in [3.63, 3.8) is 0 Å². The largest absolute Gasteiger partial charge is 0.366 e. The van der Waals surface area contributed by atoms with Gasteiger partial charge in [-0.25, -0.2) is 0 Å². The second-order valence-electron chi connectivity index (χ2n) is 3.98. The zero-order valence-electron chi connectivity index (χ0n) is 9.72. The van der Waals surface area contributed by atoms with Crippen molar-refractivity contribution in [2.75, 3.05) is 5.32 Å². The third kappa shape index (κ3) is 2.85. The lowest BCUT2D eigenvalue weighted by atomic mass is 10.1. The van der Waals surface area contributed by atoms with Crippen LogP contribution in [0.4, 0.5) is 5.69 Å². The minimum Gasteiger partial charge on any atom is -0.366 e. The Hall–Kier alpha value is -2.27. The van der Waals surface area contributed by atoms with E-state index in [4.69, 9.17) is 0 Å². The molecule has 2 rings (SSSR count). The fourth-order valence-corrected chi connectivity index (χ4v) is 1.65. The molecule has 2 heteroatoms. The number of anilines is 1. The molecule has 0 saturated carbocycles. The SMILES string of the molecule is Cc1ccc(C(C#N)Nc2ccccc2)cc1. The predicted molar refractivity (Wildman–Crippen MR) is 69.6 cm³/mol. The number of nitriles is 1. The van der Waals surface area contributed by atoms with E-state index in [1.807, 2.05) is 61.5 Å². The summed E-state index contributed by atoms with van der Waals surface area (Å²) in [4.78, 5) is 0. The van der Waals surface area contributed by atoms with Gasteiger partial charge >= 0.3 is 0 Å². The average Bonchev–Trinajstić information content (AvgIpc) is 2.38. The van der Waals surface area contributed by atoms with Crippen LogP contribution in [0.15, 0.2) is 54.6 Å². The minimum atomic E-state index is -0.307. The molecule has 1 atom stereocenters. The van der Waals surface area contributed by atoms with Crippen LogP contribution in [-0.2, 0) is 0 Å². The molecule has 0 spiro atoms. The highest BCUT2D eigenvalue weighted by Gasteiger charge is 2.09. The number of nitrogens with one attached hydrogen (secondary N) is 1. The molecular formula is C15H14N2. The standard InChI is InChI=1S/C15H14N2/c1-12-7-9-13(10-8-12)15(11-16)17-14-5-3-2-4-6-14/h2-10,15,17H,1H3. The highest BCUT2D eigenvalue weighted by molar-refractivity contribution is 5.47. The third-order valence-electron chi connectivity index (χ3n) is 2.62. The van der Waals surface area contributed by atoms with Crippen LogP contribution in [0.5, 0.6) is 0 Å². The van der Waals surface area contributed by atoms with Crippen LogP contribution in [0.2, 0.25) is 0 Å². The fourth-order valence-electron chi connectivity index (χ4n) is 1.65. The fraction of sp³-hybridized carbons (Fsp3) is 0.133. The number of aryl methyl sites for hydroxylation is 1. The number of rotatable bonds is 3. The molecule has 0 aliphatic rings. The Balaban J connectivity index is 2.18. The van der Waals surface area contributed by atoms with E-state index >= 15 is 0 Å². The van der Waals surface area contributed by atoms with E-state index in [-0.39, 0.29) is 6.04 Å². The summed E-state index contributed by atoms with van der Waals surface area (Å²) in [5.74, 6) is 0. The zero-order chi connectivity index (χ0) is 12.1. The van der Waals surface area contributed by atoms with Crippen molar-refractivity contribution in [1.29, 1.82) is 5.26 Å². The second kappa shape index (κ2) is 5.18. The second-order valence-corrected chi connectivity index (χ2v) is 3.98. The Bertz CT molecular complexity index is 509. The van der Waals surface area contributed by atoms with Gasteiger partial charge in [0.05, 0.1) is 6.07 Å². The van der Waals surface area contributed by atoms with E-state index in [0.717, 1.165) is 11.3 Å². The number of para-hydroxylation sites is 1. The van der Waals surface area contributed by atoms with E-state index < -0.39 is 0 Å². The average molecular weight is 222 g/mol. The number of hydrogen-bond acceptors (Lipinski definition) is 2. The molecule has 17 heavy (non-hydrogen) atoms. The van der Waals surface area contributed by atoms with E-state index in [9.17, 15) is 5.26 Å². The number of benzene rings is 2. The van der Waals surface area contributed by atoms with Gasteiger partial charge in [0.15, 0.2) is 0 Å². The Kier molecular flexibility index (Phi) is 3.42. The summed E-state index contributed by atoms with van der Waals surface area (Å²) < 4.78 is 0. The van der Waals surface area contributed by atoms with E-state index in [1.54, 1.807) is 0 Å². The first kappa shape index (κ1) is 11.2. The van der Waals surface area contributed by atoms with Crippen LogP contribution in [0.1, 0.15) is 17.2 Å². The van der Waals surface area contributed by atoms with Gasteiger partial charge < -0.3 is 5.32 Å². The molecular weight excluding hydrogens is 208 g/mol. The monoisotopic (exact) mass is 222 g/mol. The topological polar surface area (TPSA) is 35.8 Å². The summed E-state index contributed by atoms with van der Waals surface area (Å²) in [5, 5.41) is 12.4. The highest BCUT2D eigenvalue weighted by atomic mass is 14.9. The summed E-state index contributed by atoms with van der Waals surface area (Å²) in [6.07, 6.45) is 0. The first-order chi connectivity index (χ1) is 8.29. The highest BCUT2D eigenvalue weighted by Crippen LogP contribution is 2.19. The molecule has 2 nitrogen and oxygen atoms in total. The molecule has 2 aromatic carbocycles. The van der Waals surface area contributed by atoms with Crippen LogP contribution in [0.3, 0.4) is 0 Å². The van der Waals surface area contributed by atoms with Crippen molar-refractivity contribution in [3.8, 4) is 6.07 Å². The van der Waals surface area contributed by atoms with E-state index in [0.29, 0.717) is 0 Å². The molecule has 0 heterocycles. The lowest BCUT2D eigenvalue weighted by Crippen LogP contribution is -2.08. The maximum Gasteiger partial charge on any atom is 0.140 e. The molecule has 0 aliphatic carbocycles. The quantitative estimate of drug-likeness (QED) is 0.860. The Morgan fingerprint density at radius 3 is 2.24 bits per heavy atom. The predicted octanol–water partition coefficient (Wildman–Crippen LogP) is 3.67. The van der Waals surface area contributed by atoms with Crippen LogP contribution in [-0.4, -0.2) is 0 Å². The third-order valence-corrected chi connectivity index (χ3v) is 2.62. The molecule has 0 bridgehead atoms. The maximum absolute atomic E-state index is 9.20. The summed E-state index contributed by atoms with van der Waals surface area (Å²) in [7, 11) is 0. The summed E-state index contributed by atoms with van der Waals surface area (Å²) in [5.41, 5.74) is 3.15. The van der Waals surface area contributed by atoms with Gasteiger partial charge in [0.25, 0.3) is 0 Å². The molecule has 1 N–H and O–H groups in total. The summed E-state index contributed by atoms with van der Waals surface area (Å²) in [6, 6.07) is 19.7. The lowest BCUT2D eigenvalue weighted by molar-refractivity contribution is 0.996. The molecule has 0 aromatic heterocycles. The van der Waals surface area contributed by atoms with Crippen molar-refractivity contribution in [3.05, 3.63) is 65.7 Å². The lowest BCUT2D eigenvalue weighted by Gasteiger charge is -2.13. The van der Waals surface area contributed by atoms with Crippen molar-refractivity contribution in [2.24, 2.45) is 0 Å². The molecule has 0 saturated heterocycles. The molecule has 0 aliphatic heterocycles.